The Balaban J connectivity index is 1.72. The van der Waals surface area contributed by atoms with E-state index in [-0.39, 0.29) is 5.56 Å². The highest BCUT2D eigenvalue weighted by molar-refractivity contribution is 7.21. The lowest BCUT2D eigenvalue weighted by molar-refractivity contribution is -0.123. The van der Waals surface area contributed by atoms with Crippen molar-refractivity contribution in [1.29, 1.82) is 0 Å². The number of benzene rings is 1. The molecule has 8 heteroatoms. The third-order valence-corrected chi connectivity index (χ3v) is 5.93. The smallest absolute Gasteiger partial charge is 0.349 e. The van der Waals surface area contributed by atoms with Crippen molar-refractivity contribution >= 4 is 55.5 Å². The molecule has 0 fully saturated rings. The topological polar surface area (TPSA) is 98.5 Å². The van der Waals surface area contributed by atoms with Crippen LogP contribution in [0.5, 0.6) is 0 Å². The molecule has 134 valence electrons. The molecule has 0 aliphatic heterocycles. The molecule has 0 saturated carbocycles. The molecule has 0 bridgehead atoms. The van der Waals surface area contributed by atoms with Crippen molar-refractivity contribution in [2.45, 2.75) is 20.0 Å². The summed E-state index contributed by atoms with van der Waals surface area (Å²) in [6, 6.07) is 9.21. The Morgan fingerprint density at radius 1 is 1.19 bits per heavy atom. The van der Waals surface area contributed by atoms with Gasteiger partial charge >= 0.3 is 5.97 Å². The van der Waals surface area contributed by atoms with Crippen LogP contribution in [0.4, 0.5) is 5.00 Å². The second-order valence-electron chi connectivity index (χ2n) is 5.62. The Bertz CT molecular complexity index is 1010. The Kier molecular flexibility index (Phi) is 5.06. The third kappa shape index (κ3) is 3.47. The molecule has 1 aromatic carbocycles. The minimum absolute atomic E-state index is 0.224. The van der Waals surface area contributed by atoms with E-state index < -0.39 is 23.9 Å². The summed E-state index contributed by atoms with van der Waals surface area (Å²) in [5.41, 5.74) is 6.31. The van der Waals surface area contributed by atoms with Gasteiger partial charge in [0.25, 0.3) is 11.8 Å². The number of fused-ring (bicyclic) bond motifs is 1. The number of ether oxygens (including phenoxy) is 1. The zero-order valence-electron chi connectivity index (χ0n) is 14.1. The lowest BCUT2D eigenvalue weighted by atomic mass is 10.1. The van der Waals surface area contributed by atoms with Crippen LogP contribution in [0.1, 0.15) is 32.5 Å². The van der Waals surface area contributed by atoms with Crippen LogP contribution >= 0.6 is 22.7 Å². The molecule has 2 heterocycles. The monoisotopic (exact) mass is 388 g/mol. The molecular weight excluding hydrogens is 372 g/mol. The fraction of sp³-hybridized carbons (Fsp3) is 0.167. The number of nitrogens with two attached hydrogens (primary N) is 1. The maximum Gasteiger partial charge on any atom is 0.349 e. The van der Waals surface area contributed by atoms with Gasteiger partial charge in [0.15, 0.2) is 6.10 Å². The quantitative estimate of drug-likeness (QED) is 0.653. The number of carbonyl (C=O) groups excluding carboxylic acids is 3. The van der Waals surface area contributed by atoms with Crippen LogP contribution in [-0.4, -0.2) is 23.9 Å². The maximum atomic E-state index is 12.5. The SMILES string of the molecule is Cc1c(C(=O)O[C@@H](C)C(=O)Nc2sccc2C(N)=O)sc2ccccc12. The maximum absolute atomic E-state index is 12.5. The molecule has 3 N–H and O–H groups in total. The Hall–Kier alpha value is -2.71. The first-order chi connectivity index (χ1) is 12.4. The number of primary amides is 1. The number of aryl methyl sites for hydroxylation is 1. The van der Waals surface area contributed by atoms with Gasteiger partial charge in [-0.05, 0) is 42.3 Å². The predicted octanol–water partition coefficient (Wildman–Crippen LogP) is 3.55. The van der Waals surface area contributed by atoms with Crippen molar-refractivity contribution in [3.05, 3.63) is 51.7 Å². The minimum atomic E-state index is -1.02. The van der Waals surface area contributed by atoms with Gasteiger partial charge in [0.05, 0.1) is 5.56 Å². The summed E-state index contributed by atoms with van der Waals surface area (Å²) in [5, 5.41) is 5.55. The average Bonchev–Trinajstić information content (AvgIpc) is 3.20. The van der Waals surface area contributed by atoms with Gasteiger partial charge in [-0.25, -0.2) is 4.79 Å². The molecule has 2 aromatic heterocycles. The largest absolute Gasteiger partial charge is 0.448 e. The zero-order chi connectivity index (χ0) is 18.8. The summed E-state index contributed by atoms with van der Waals surface area (Å²) in [7, 11) is 0. The van der Waals surface area contributed by atoms with Crippen molar-refractivity contribution in [3.63, 3.8) is 0 Å². The average molecular weight is 388 g/mol. The summed E-state index contributed by atoms with van der Waals surface area (Å²) < 4.78 is 6.29. The van der Waals surface area contributed by atoms with Gasteiger partial charge in [0.1, 0.15) is 9.88 Å². The highest BCUT2D eigenvalue weighted by atomic mass is 32.1. The van der Waals surface area contributed by atoms with E-state index in [2.05, 4.69) is 5.32 Å². The number of esters is 1. The van der Waals surface area contributed by atoms with Crippen molar-refractivity contribution in [3.8, 4) is 0 Å². The van der Waals surface area contributed by atoms with E-state index in [1.807, 2.05) is 31.2 Å². The van der Waals surface area contributed by atoms with Gasteiger partial charge in [0, 0.05) is 4.70 Å². The van der Waals surface area contributed by atoms with Crippen LogP contribution in [0.25, 0.3) is 10.1 Å². The molecule has 26 heavy (non-hydrogen) atoms. The number of thiophene rings is 2. The Labute approximate surface area is 157 Å². The van der Waals surface area contributed by atoms with Crippen molar-refractivity contribution in [1.82, 2.24) is 0 Å². The summed E-state index contributed by atoms with van der Waals surface area (Å²) in [6.07, 6.45) is -1.02. The van der Waals surface area contributed by atoms with E-state index in [0.717, 1.165) is 15.6 Å². The number of hydrogen-bond donors (Lipinski definition) is 2. The van der Waals surface area contributed by atoms with Gasteiger partial charge in [-0.1, -0.05) is 18.2 Å². The lowest BCUT2D eigenvalue weighted by Gasteiger charge is -2.13. The highest BCUT2D eigenvalue weighted by Crippen LogP contribution is 2.31. The van der Waals surface area contributed by atoms with Gasteiger partial charge in [-0.15, -0.1) is 22.7 Å². The molecule has 0 unspecified atom stereocenters. The first-order valence-electron chi connectivity index (χ1n) is 7.75. The number of anilines is 1. The van der Waals surface area contributed by atoms with Crippen molar-refractivity contribution < 1.29 is 19.1 Å². The normalized spacial score (nSPS) is 11.9. The molecule has 1 atom stereocenters. The highest BCUT2D eigenvalue weighted by Gasteiger charge is 2.24. The number of nitrogens with one attached hydrogen (secondary N) is 1. The van der Waals surface area contributed by atoms with E-state index >= 15 is 0 Å². The van der Waals surface area contributed by atoms with E-state index in [9.17, 15) is 14.4 Å². The van der Waals surface area contributed by atoms with Crippen molar-refractivity contribution in [2.24, 2.45) is 5.73 Å². The van der Waals surface area contributed by atoms with Crippen LogP contribution in [-0.2, 0) is 9.53 Å². The van der Waals surface area contributed by atoms with Crippen LogP contribution < -0.4 is 11.1 Å². The molecule has 3 rings (SSSR count). The molecule has 3 aromatic rings. The van der Waals surface area contributed by atoms with Gasteiger partial charge in [-0.2, -0.15) is 0 Å². The first-order valence-corrected chi connectivity index (χ1v) is 9.45. The second kappa shape index (κ2) is 7.27. The van der Waals surface area contributed by atoms with Gasteiger partial charge in [0.2, 0.25) is 0 Å². The summed E-state index contributed by atoms with van der Waals surface area (Å²) >= 11 is 2.51. The molecule has 0 aliphatic rings. The van der Waals surface area contributed by atoms with Crippen LogP contribution in [0, 0.1) is 6.92 Å². The van der Waals surface area contributed by atoms with Crippen molar-refractivity contribution in [2.75, 3.05) is 5.32 Å². The summed E-state index contributed by atoms with van der Waals surface area (Å²) in [6.45, 7) is 3.33. The number of hydrogen-bond acceptors (Lipinski definition) is 6. The molecule has 0 saturated heterocycles. The van der Waals surface area contributed by atoms with E-state index in [0.29, 0.717) is 9.88 Å². The van der Waals surface area contributed by atoms with Crippen LogP contribution in [0.15, 0.2) is 35.7 Å². The Morgan fingerprint density at radius 2 is 1.92 bits per heavy atom. The molecule has 0 radical (unpaired) electrons. The molecule has 2 amide bonds. The molecule has 0 spiro atoms. The molecule has 6 nitrogen and oxygen atoms in total. The van der Waals surface area contributed by atoms with Gasteiger partial charge in [-0.3, -0.25) is 9.59 Å². The van der Waals surface area contributed by atoms with Crippen LogP contribution in [0.3, 0.4) is 0 Å². The minimum Gasteiger partial charge on any atom is -0.448 e. The summed E-state index contributed by atoms with van der Waals surface area (Å²) in [5.74, 6) is -1.71. The lowest BCUT2D eigenvalue weighted by Crippen LogP contribution is -2.30. The Morgan fingerprint density at radius 3 is 2.62 bits per heavy atom. The number of amides is 2. The fourth-order valence-corrected chi connectivity index (χ4v) is 4.34. The fourth-order valence-electron chi connectivity index (χ4n) is 2.45. The predicted molar refractivity (Wildman–Crippen MR) is 103 cm³/mol. The number of carbonyl (C=O) groups is 3. The summed E-state index contributed by atoms with van der Waals surface area (Å²) in [4.78, 5) is 36.5. The molecule has 0 aliphatic carbocycles. The van der Waals surface area contributed by atoms with E-state index in [1.54, 1.807) is 5.38 Å². The standard InChI is InChI=1S/C18H16N2O4S2/c1-9-11-5-3-4-6-13(11)26-14(9)18(23)24-10(2)16(22)20-17-12(15(19)21)7-8-25-17/h3-8,10H,1-2H3,(H2,19,21)(H,20,22)/t10-/m0/s1. The van der Waals surface area contributed by atoms with Crippen LogP contribution in [0.2, 0.25) is 0 Å². The molecular formula is C18H16N2O4S2. The van der Waals surface area contributed by atoms with Gasteiger partial charge < -0.3 is 15.8 Å². The van der Waals surface area contributed by atoms with E-state index in [4.69, 9.17) is 10.5 Å². The van der Waals surface area contributed by atoms with E-state index in [1.165, 1.54) is 35.7 Å². The third-order valence-electron chi connectivity index (χ3n) is 3.85. The number of rotatable bonds is 5. The zero-order valence-corrected chi connectivity index (χ0v) is 15.7. The second-order valence-corrected chi connectivity index (χ2v) is 7.59. The first kappa shape index (κ1) is 18.1.